The molecule has 3 aromatic carbocycles. The number of methoxy groups -OCH3 is 1. The maximum absolute atomic E-state index is 12.4. The van der Waals surface area contributed by atoms with Gasteiger partial charge in [-0.15, -0.1) is 0 Å². The Morgan fingerprint density at radius 3 is 1.88 bits per heavy atom. The molecule has 5 rings (SSSR count). The van der Waals surface area contributed by atoms with Crippen LogP contribution in [0.4, 0.5) is 0 Å². The van der Waals surface area contributed by atoms with E-state index in [1.165, 1.54) is 56.8 Å². The predicted octanol–water partition coefficient (Wildman–Crippen LogP) is 9.19. The molecule has 0 atom stereocenters. The third kappa shape index (κ3) is 11.8. The Morgan fingerprint density at radius 1 is 0.661 bits per heavy atom. The zero-order valence-electron chi connectivity index (χ0n) is 32.9. The molecule has 2 aliphatic carbocycles. The maximum Gasteiger partial charge on any atom is 0.341 e. The third-order valence-electron chi connectivity index (χ3n) is 11.2. The Labute approximate surface area is 331 Å². The van der Waals surface area contributed by atoms with Crippen molar-refractivity contribution in [1.82, 2.24) is 0 Å². The number of rotatable bonds is 18. The summed E-state index contributed by atoms with van der Waals surface area (Å²) in [6, 6.07) is 22.2. The zero-order chi connectivity index (χ0) is 40.0. The van der Waals surface area contributed by atoms with Gasteiger partial charge in [-0.05, 0) is 128 Å². The van der Waals surface area contributed by atoms with Crippen molar-refractivity contribution in [3.63, 3.8) is 0 Å². The molecule has 0 aliphatic heterocycles. The second-order valence-corrected chi connectivity index (χ2v) is 15.1. The summed E-state index contributed by atoms with van der Waals surface area (Å²) in [5, 5.41) is 9.05. The highest BCUT2D eigenvalue weighted by Gasteiger charge is 2.32. The lowest BCUT2D eigenvalue weighted by Gasteiger charge is -2.38. The Balaban J connectivity index is 1.26. The number of carbonyl (C=O) groups excluding carboxylic acids is 3. The van der Waals surface area contributed by atoms with Gasteiger partial charge < -0.3 is 28.8 Å². The maximum atomic E-state index is 12.4. The van der Waals surface area contributed by atoms with Crippen LogP contribution in [0, 0.1) is 17.8 Å². The van der Waals surface area contributed by atoms with Crippen LogP contribution < -0.4 is 9.47 Å². The topological polar surface area (TPSA) is 118 Å². The molecule has 2 fully saturated rings. The van der Waals surface area contributed by atoms with E-state index in [1.807, 2.05) is 24.3 Å². The van der Waals surface area contributed by atoms with Crippen LogP contribution in [0.25, 0.3) is 22.3 Å². The number of carbonyl (C=O) groups is 3. The zero-order valence-corrected chi connectivity index (χ0v) is 32.9. The fourth-order valence-corrected chi connectivity index (χ4v) is 7.95. The molecule has 3 aromatic rings. The molecular formula is C47H56O9. The van der Waals surface area contributed by atoms with Crippen LogP contribution >= 0.6 is 0 Å². The summed E-state index contributed by atoms with van der Waals surface area (Å²) < 4.78 is 26.8. The van der Waals surface area contributed by atoms with E-state index in [0.29, 0.717) is 35.5 Å². The molecule has 0 amide bonds. The summed E-state index contributed by atoms with van der Waals surface area (Å²) in [7, 11) is 1.51. The van der Waals surface area contributed by atoms with Gasteiger partial charge in [0, 0.05) is 12.7 Å². The number of aliphatic hydroxyl groups excluding tert-OH is 1. The van der Waals surface area contributed by atoms with Crippen LogP contribution in [0.2, 0.25) is 0 Å². The van der Waals surface area contributed by atoms with Crippen molar-refractivity contribution in [3.05, 3.63) is 109 Å². The van der Waals surface area contributed by atoms with Crippen molar-refractivity contribution >= 4 is 17.9 Å². The molecule has 0 radical (unpaired) electrons. The minimum absolute atomic E-state index is 0.00659. The Bertz CT molecular complexity index is 1830. The van der Waals surface area contributed by atoms with E-state index in [4.69, 9.17) is 28.8 Å². The molecule has 0 unspecified atom stereocenters. The molecule has 56 heavy (non-hydrogen) atoms. The van der Waals surface area contributed by atoms with Gasteiger partial charge in [-0.1, -0.05) is 75.0 Å². The van der Waals surface area contributed by atoms with Gasteiger partial charge in [0.1, 0.15) is 24.7 Å². The van der Waals surface area contributed by atoms with Crippen molar-refractivity contribution < 1.29 is 43.2 Å². The highest BCUT2D eigenvalue weighted by atomic mass is 16.6. The van der Waals surface area contributed by atoms with E-state index in [0.717, 1.165) is 47.8 Å². The molecule has 9 heteroatoms. The third-order valence-corrected chi connectivity index (χ3v) is 11.2. The number of benzene rings is 3. The van der Waals surface area contributed by atoms with Crippen molar-refractivity contribution in [1.29, 1.82) is 0 Å². The second-order valence-electron chi connectivity index (χ2n) is 15.1. The highest BCUT2D eigenvalue weighted by molar-refractivity contribution is 5.90. The molecule has 0 heterocycles. The molecule has 2 saturated carbocycles. The van der Waals surface area contributed by atoms with E-state index in [1.54, 1.807) is 19.1 Å². The minimum Gasteiger partial charge on any atom is -0.490 e. The van der Waals surface area contributed by atoms with Gasteiger partial charge in [-0.2, -0.15) is 0 Å². The number of aliphatic hydroxyl groups is 1. The van der Waals surface area contributed by atoms with Gasteiger partial charge in [-0.3, -0.25) is 0 Å². The van der Waals surface area contributed by atoms with E-state index in [-0.39, 0.29) is 36.9 Å². The van der Waals surface area contributed by atoms with Crippen molar-refractivity contribution in [2.24, 2.45) is 17.8 Å². The number of ether oxygens (including phenoxy) is 5. The van der Waals surface area contributed by atoms with Gasteiger partial charge in [-0.25, -0.2) is 14.4 Å². The normalized spacial score (nSPS) is 19.3. The monoisotopic (exact) mass is 764 g/mol. The first-order valence-corrected chi connectivity index (χ1v) is 19.7. The summed E-state index contributed by atoms with van der Waals surface area (Å²) in [5.74, 6) is 2.18. The second kappa shape index (κ2) is 20.8. The van der Waals surface area contributed by atoms with Gasteiger partial charge >= 0.3 is 17.9 Å². The lowest BCUT2D eigenvalue weighted by molar-refractivity contribution is -0.140. The van der Waals surface area contributed by atoms with Gasteiger partial charge in [0.05, 0.1) is 31.0 Å². The van der Waals surface area contributed by atoms with Gasteiger partial charge in [0.15, 0.2) is 0 Å². The Hall–Kier alpha value is -4.99. The summed E-state index contributed by atoms with van der Waals surface area (Å²) in [5.41, 5.74) is 6.44. The van der Waals surface area contributed by atoms with E-state index >= 15 is 0 Å². The fraction of sp³-hybridized carbons (Fsp3) is 0.426. The smallest absolute Gasteiger partial charge is 0.341 e. The van der Waals surface area contributed by atoms with E-state index in [2.05, 4.69) is 50.1 Å². The molecule has 1 N–H and O–H groups in total. The first kappa shape index (κ1) is 42.2. The summed E-state index contributed by atoms with van der Waals surface area (Å²) >= 11 is 0. The lowest BCUT2D eigenvalue weighted by Crippen LogP contribution is -2.26. The molecular weight excluding hydrogens is 709 g/mol. The molecule has 298 valence electrons. The Kier molecular flexibility index (Phi) is 15.7. The van der Waals surface area contributed by atoms with Crippen LogP contribution in [0.5, 0.6) is 11.5 Å². The van der Waals surface area contributed by atoms with Crippen LogP contribution in [0.15, 0.2) is 103 Å². The molecule has 2 aliphatic rings. The first-order valence-electron chi connectivity index (χ1n) is 19.7. The summed E-state index contributed by atoms with van der Waals surface area (Å²) in [6.07, 6.45) is 10.5. The van der Waals surface area contributed by atoms with Crippen LogP contribution in [0.3, 0.4) is 0 Å². The van der Waals surface area contributed by atoms with E-state index in [9.17, 15) is 14.4 Å². The Morgan fingerprint density at radius 2 is 1.25 bits per heavy atom. The molecule has 0 spiro atoms. The standard InChI is InChI=1S/C47H56O9/c1-31(2)45(49)54-25-24-34-6-8-35(9-7-34)36-10-12-39(13-11-36)44-28-40(37-14-21-42(22-15-37)56-47(51)33(4)30-52-5)18-23-43(44)38-16-19-41(20-17-38)53-26-27-55-46(50)32(3)29-48/h14-23,28,34-36,39,48H,1,3-4,6-13,24-27,29-30H2,2,5H3. The average molecular weight is 765 g/mol. The van der Waals surface area contributed by atoms with Crippen LogP contribution in [0.1, 0.15) is 76.2 Å². The number of hydrogen-bond donors (Lipinski definition) is 1. The van der Waals surface area contributed by atoms with Crippen molar-refractivity contribution in [2.75, 3.05) is 40.1 Å². The number of hydrogen-bond acceptors (Lipinski definition) is 9. The summed E-state index contributed by atoms with van der Waals surface area (Å²) in [4.78, 5) is 35.9. The van der Waals surface area contributed by atoms with Crippen molar-refractivity contribution in [3.8, 4) is 33.8 Å². The largest absolute Gasteiger partial charge is 0.490 e. The predicted molar refractivity (Wildman–Crippen MR) is 217 cm³/mol. The molecule has 0 bridgehead atoms. The average Bonchev–Trinajstić information content (AvgIpc) is 3.22. The number of esters is 3. The van der Waals surface area contributed by atoms with Crippen LogP contribution in [-0.4, -0.2) is 63.2 Å². The van der Waals surface area contributed by atoms with Gasteiger partial charge in [0.25, 0.3) is 0 Å². The highest BCUT2D eigenvalue weighted by Crippen LogP contribution is 2.47. The lowest BCUT2D eigenvalue weighted by atomic mass is 9.67. The van der Waals surface area contributed by atoms with Crippen LogP contribution in [-0.2, 0) is 28.6 Å². The SMILES string of the molecule is C=C(C)C(=O)OCCC1CCC(C2CCC(c3cc(-c4ccc(OC(=O)C(=C)COC)cc4)ccc3-c3ccc(OCCOC(=O)C(=C)CO)cc3)CC2)CC1. The first-order chi connectivity index (χ1) is 27.1. The fourth-order valence-electron chi connectivity index (χ4n) is 7.95. The molecule has 0 aromatic heterocycles. The van der Waals surface area contributed by atoms with Gasteiger partial charge in [0.2, 0.25) is 0 Å². The molecule has 0 saturated heterocycles. The minimum atomic E-state index is -0.636. The van der Waals surface area contributed by atoms with Crippen molar-refractivity contribution in [2.45, 2.75) is 70.6 Å². The molecule has 9 nitrogen and oxygen atoms in total. The summed E-state index contributed by atoms with van der Waals surface area (Å²) in [6.45, 7) is 12.9. The quantitative estimate of drug-likeness (QED) is 0.0586. The van der Waals surface area contributed by atoms with E-state index < -0.39 is 18.5 Å².